The molecule has 0 bridgehead atoms. The minimum Gasteiger partial charge on any atom is -0.481 e. The fourth-order valence-electron chi connectivity index (χ4n) is 1.87. The molecule has 0 atom stereocenters. The average molecular weight is 232 g/mol. The van der Waals surface area contributed by atoms with E-state index in [4.69, 9.17) is 5.11 Å². The van der Waals surface area contributed by atoms with Crippen LogP contribution in [-0.2, 0) is 4.79 Å². The molecule has 0 unspecified atom stereocenters. The predicted octanol–water partition coefficient (Wildman–Crippen LogP) is 2.13. The van der Waals surface area contributed by atoms with Gasteiger partial charge in [-0.25, -0.2) is 0 Å². The Balaban J connectivity index is 2.37. The van der Waals surface area contributed by atoms with Crippen LogP contribution in [0.4, 0.5) is 0 Å². The highest BCUT2D eigenvalue weighted by molar-refractivity contribution is 7.99. The Morgan fingerprint density at radius 3 is 2.40 bits per heavy atom. The van der Waals surface area contributed by atoms with Crippen LogP contribution in [0.1, 0.15) is 39.5 Å². The van der Waals surface area contributed by atoms with Crippen molar-refractivity contribution in [1.29, 1.82) is 0 Å². The molecule has 0 spiro atoms. The number of carboxylic acid groups (broad SMARTS) is 1. The second kappa shape index (κ2) is 5.21. The molecule has 1 fully saturated rings. The summed E-state index contributed by atoms with van der Waals surface area (Å²) < 4.78 is 0. The largest absolute Gasteiger partial charge is 0.481 e. The highest BCUT2D eigenvalue weighted by Crippen LogP contribution is 2.35. The number of aliphatic hydroxyl groups is 1. The second-order valence-electron chi connectivity index (χ2n) is 4.70. The minimum absolute atomic E-state index is 0.241. The topological polar surface area (TPSA) is 57.5 Å². The zero-order chi connectivity index (χ0) is 11.5. The zero-order valence-corrected chi connectivity index (χ0v) is 10.2. The maximum Gasteiger partial charge on any atom is 0.306 e. The molecular weight excluding hydrogens is 212 g/mol. The maximum absolute atomic E-state index is 10.7. The van der Waals surface area contributed by atoms with E-state index < -0.39 is 11.6 Å². The molecule has 0 aromatic carbocycles. The third kappa shape index (κ3) is 4.03. The van der Waals surface area contributed by atoms with Gasteiger partial charge in [-0.05, 0) is 30.9 Å². The Kier molecular flexibility index (Phi) is 4.46. The molecule has 0 amide bonds. The molecule has 1 saturated carbocycles. The summed E-state index contributed by atoms with van der Waals surface area (Å²) in [6, 6.07) is 0. The molecule has 3 nitrogen and oxygen atoms in total. The zero-order valence-electron chi connectivity index (χ0n) is 9.40. The molecule has 1 aliphatic carbocycles. The van der Waals surface area contributed by atoms with E-state index >= 15 is 0 Å². The van der Waals surface area contributed by atoms with Crippen LogP contribution in [0.3, 0.4) is 0 Å². The molecule has 4 heteroatoms. The number of carboxylic acids is 1. The van der Waals surface area contributed by atoms with Crippen LogP contribution >= 0.6 is 11.8 Å². The van der Waals surface area contributed by atoms with E-state index in [2.05, 4.69) is 13.8 Å². The van der Waals surface area contributed by atoms with Crippen LogP contribution in [0.2, 0.25) is 0 Å². The number of hydrogen-bond donors (Lipinski definition) is 2. The van der Waals surface area contributed by atoms with Gasteiger partial charge in [0.1, 0.15) is 0 Å². The predicted molar refractivity (Wildman–Crippen MR) is 62.1 cm³/mol. The highest BCUT2D eigenvalue weighted by Gasteiger charge is 2.35. The molecule has 1 rings (SSSR count). The van der Waals surface area contributed by atoms with E-state index in [0.29, 0.717) is 30.9 Å². The lowest BCUT2D eigenvalue weighted by atomic mass is 9.80. The van der Waals surface area contributed by atoms with Crippen molar-refractivity contribution in [1.82, 2.24) is 0 Å². The molecule has 0 saturated heterocycles. The number of carbonyl (C=O) groups is 1. The lowest BCUT2D eigenvalue weighted by Gasteiger charge is -2.34. The van der Waals surface area contributed by atoms with Crippen molar-refractivity contribution in [3.63, 3.8) is 0 Å². The second-order valence-corrected chi connectivity index (χ2v) is 6.26. The van der Waals surface area contributed by atoms with Gasteiger partial charge in [0, 0.05) is 5.75 Å². The number of aliphatic carboxylic acids is 1. The molecule has 0 radical (unpaired) electrons. The summed E-state index contributed by atoms with van der Waals surface area (Å²) in [4.78, 5) is 10.7. The van der Waals surface area contributed by atoms with Crippen molar-refractivity contribution in [2.75, 3.05) is 5.75 Å². The Morgan fingerprint density at radius 2 is 2.00 bits per heavy atom. The average Bonchev–Trinajstić information content (AvgIpc) is 2.16. The van der Waals surface area contributed by atoms with E-state index in [-0.39, 0.29) is 5.92 Å². The summed E-state index contributed by atoms with van der Waals surface area (Å²) in [5.41, 5.74) is -0.624. The van der Waals surface area contributed by atoms with Crippen LogP contribution in [0.25, 0.3) is 0 Å². The summed E-state index contributed by atoms with van der Waals surface area (Å²) >= 11 is 1.75. The van der Waals surface area contributed by atoms with Crippen molar-refractivity contribution in [3.05, 3.63) is 0 Å². The van der Waals surface area contributed by atoms with E-state index in [1.165, 1.54) is 0 Å². The van der Waals surface area contributed by atoms with Gasteiger partial charge in [0.15, 0.2) is 0 Å². The Bertz CT molecular complexity index is 220. The summed E-state index contributed by atoms with van der Waals surface area (Å²) in [6.45, 7) is 4.22. The molecule has 2 N–H and O–H groups in total. The number of thioether (sulfide) groups is 1. The van der Waals surface area contributed by atoms with Crippen LogP contribution in [0, 0.1) is 5.92 Å². The molecule has 15 heavy (non-hydrogen) atoms. The van der Waals surface area contributed by atoms with Crippen LogP contribution < -0.4 is 0 Å². The Morgan fingerprint density at radius 1 is 1.47 bits per heavy atom. The number of rotatable bonds is 4. The third-order valence-electron chi connectivity index (χ3n) is 2.95. The first-order valence-corrected chi connectivity index (χ1v) is 6.55. The van der Waals surface area contributed by atoms with Gasteiger partial charge in [0.2, 0.25) is 0 Å². The number of hydrogen-bond acceptors (Lipinski definition) is 3. The van der Waals surface area contributed by atoms with Gasteiger partial charge in [-0.1, -0.05) is 13.8 Å². The molecule has 1 aliphatic rings. The van der Waals surface area contributed by atoms with Crippen molar-refractivity contribution in [2.45, 2.75) is 50.4 Å². The quantitative estimate of drug-likeness (QED) is 0.779. The van der Waals surface area contributed by atoms with Crippen molar-refractivity contribution in [3.8, 4) is 0 Å². The van der Waals surface area contributed by atoms with Crippen LogP contribution in [0.15, 0.2) is 0 Å². The highest BCUT2D eigenvalue weighted by atomic mass is 32.2. The summed E-state index contributed by atoms with van der Waals surface area (Å²) in [5.74, 6) is -0.223. The van der Waals surface area contributed by atoms with Crippen LogP contribution in [0.5, 0.6) is 0 Å². The lowest BCUT2D eigenvalue weighted by Crippen LogP contribution is -2.38. The van der Waals surface area contributed by atoms with Gasteiger partial charge in [0.05, 0.1) is 11.5 Å². The van der Waals surface area contributed by atoms with E-state index in [9.17, 15) is 9.90 Å². The van der Waals surface area contributed by atoms with Gasteiger partial charge < -0.3 is 10.2 Å². The molecule has 88 valence electrons. The SMILES string of the molecule is CC(C)SCC1(O)CCC(C(=O)O)CC1. The third-order valence-corrected chi connectivity index (χ3v) is 4.32. The molecule has 0 aromatic heterocycles. The maximum atomic E-state index is 10.7. The standard InChI is InChI=1S/C11H20O3S/c1-8(2)15-7-11(14)5-3-9(4-6-11)10(12)13/h8-9,14H,3-7H2,1-2H3,(H,12,13). The van der Waals surface area contributed by atoms with Gasteiger partial charge >= 0.3 is 5.97 Å². The lowest BCUT2D eigenvalue weighted by molar-refractivity contribution is -0.144. The molecular formula is C11H20O3S. The Hall–Kier alpha value is -0.220. The first-order chi connectivity index (χ1) is 6.93. The first-order valence-electron chi connectivity index (χ1n) is 5.50. The van der Waals surface area contributed by atoms with Gasteiger partial charge in [-0.2, -0.15) is 11.8 Å². The van der Waals surface area contributed by atoms with Gasteiger partial charge in [0.25, 0.3) is 0 Å². The normalized spacial score (nSPS) is 31.9. The summed E-state index contributed by atoms with van der Waals surface area (Å²) in [7, 11) is 0. The van der Waals surface area contributed by atoms with Crippen molar-refractivity contribution < 1.29 is 15.0 Å². The molecule has 0 aliphatic heterocycles. The van der Waals surface area contributed by atoms with Gasteiger partial charge in [-0.15, -0.1) is 0 Å². The Labute approximate surface area is 95.3 Å². The van der Waals surface area contributed by atoms with Gasteiger partial charge in [-0.3, -0.25) is 4.79 Å². The minimum atomic E-state index is -0.714. The molecule has 0 aromatic rings. The van der Waals surface area contributed by atoms with Crippen LogP contribution in [-0.4, -0.2) is 32.8 Å². The van der Waals surface area contributed by atoms with Crippen molar-refractivity contribution >= 4 is 17.7 Å². The van der Waals surface area contributed by atoms with Crippen molar-refractivity contribution in [2.24, 2.45) is 5.92 Å². The fourth-order valence-corrected chi connectivity index (χ4v) is 2.80. The van der Waals surface area contributed by atoms with E-state index in [1.807, 2.05) is 0 Å². The first kappa shape index (κ1) is 12.8. The van der Waals surface area contributed by atoms with E-state index in [1.54, 1.807) is 11.8 Å². The van der Waals surface area contributed by atoms with E-state index in [0.717, 1.165) is 5.75 Å². The molecule has 0 heterocycles. The summed E-state index contributed by atoms with van der Waals surface area (Å²) in [5, 5.41) is 19.6. The monoisotopic (exact) mass is 232 g/mol. The summed E-state index contributed by atoms with van der Waals surface area (Å²) in [6.07, 6.45) is 2.49. The smallest absolute Gasteiger partial charge is 0.306 e. The fraction of sp³-hybridized carbons (Fsp3) is 0.909.